The van der Waals surface area contributed by atoms with Gasteiger partial charge in [-0.1, -0.05) is 0 Å². The van der Waals surface area contributed by atoms with Gasteiger partial charge in [0, 0.05) is 0 Å². The summed E-state index contributed by atoms with van der Waals surface area (Å²) < 4.78 is 12.1. The summed E-state index contributed by atoms with van der Waals surface area (Å²) in [4.78, 5) is 11.5. The molecule has 0 amide bonds. The topological polar surface area (TPSA) is 35.5 Å². The number of halogens is 1. The van der Waals surface area contributed by atoms with Gasteiger partial charge in [-0.2, -0.15) is 0 Å². The van der Waals surface area contributed by atoms with E-state index >= 15 is 0 Å². The molecule has 5 heteroatoms. The number of hydrogen-bond acceptors (Lipinski definition) is 3. The Morgan fingerprint density at radius 3 is 2.32 bits per heavy atom. The first-order valence-corrected chi connectivity index (χ1v) is 14.7. The molecule has 1 unspecified atom stereocenters. The fourth-order valence-electron chi connectivity index (χ4n) is 3.37. The summed E-state index contributed by atoms with van der Waals surface area (Å²) in [5, 5.41) is -1.73. The van der Waals surface area contributed by atoms with E-state index in [1.165, 1.54) is 12.5 Å². The van der Waals surface area contributed by atoms with E-state index in [4.69, 9.17) is 9.47 Å². The molecule has 1 aliphatic heterocycles. The summed E-state index contributed by atoms with van der Waals surface area (Å²) >= 11 is 3.96. The molecule has 0 saturated heterocycles. The van der Waals surface area contributed by atoms with Gasteiger partial charge in [0.15, 0.2) is 0 Å². The van der Waals surface area contributed by atoms with Gasteiger partial charge in [0.05, 0.1) is 0 Å². The van der Waals surface area contributed by atoms with E-state index in [0.29, 0.717) is 5.75 Å². The van der Waals surface area contributed by atoms with E-state index in [9.17, 15) is 4.79 Å². The van der Waals surface area contributed by atoms with Crippen molar-refractivity contribution in [2.24, 2.45) is 0 Å². The molecule has 1 aromatic carbocycles. The molecule has 0 spiro atoms. The summed E-state index contributed by atoms with van der Waals surface area (Å²) in [7, 11) is 0. The predicted octanol–water partition coefficient (Wildman–Crippen LogP) is 5.76. The first-order valence-electron chi connectivity index (χ1n) is 8.91. The molecule has 0 bridgehead atoms. The normalized spacial score (nSPS) is 21.7. The third-order valence-corrected chi connectivity index (χ3v) is 8.00. The molecule has 2 rings (SSSR count). The quantitative estimate of drug-likeness (QED) is 0.345. The molecule has 0 aliphatic carbocycles. The second kappa shape index (κ2) is 6.53. The number of carbonyl (C=O) groups excluding carboxylic acids is 1. The average Bonchev–Trinajstić information content (AvgIpc) is 2.46. The van der Waals surface area contributed by atoms with Gasteiger partial charge in [-0.3, -0.25) is 0 Å². The average molecular weight is 431 g/mol. The summed E-state index contributed by atoms with van der Waals surface area (Å²) in [6.45, 7) is 16.8. The second-order valence-corrected chi connectivity index (χ2v) is 23.2. The number of hydrogen-bond donors (Lipinski definition) is 0. The van der Waals surface area contributed by atoms with Crippen molar-refractivity contribution in [2.45, 2.75) is 59.5 Å². The van der Waals surface area contributed by atoms with E-state index in [-0.39, 0.29) is 11.6 Å². The molecule has 1 aromatic rings. The maximum atomic E-state index is 11.5. The Kier molecular flexibility index (Phi) is 5.41. The number of fused-ring (bicyclic) bond motifs is 1. The molecule has 3 nitrogen and oxygen atoms in total. The summed E-state index contributed by atoms with van der Waals surface area (Å²) in [6, 6.07) is 0. The van der Waals surface area contributed by atoms with Crippen molar-refractivity contribution < 1.29 is 14.3 Å². The zero-order valence-electron chi connectivity index (χ0n) is 16.9. The van der Waals surface area contributed by atoms with Gasteiger partial charge in [0.25, 0.3) is 0 Å². The third kappa shape index (κ3) is 4.98. The molecule has 25 heavy (non-hydrogen) atoms. The molecule has 1 atom stereocenters. The summed E-state index contributed by atoms with van der Waals surface area (Å²) in [5.74, 6) is 1.43. The standard InChI is InChI=1S/C20H32BrO3P/c1-13-14(2)19-17(15(3)18(13)23-16(4)22)9-10-20(5,24-19)11-12-25(6,7,8)21/h9-12H2,1-8H3. The molecular weight excluding hydrogens is 399 g/mol. The molecule has 0 aromatic heterocycles. The zero-order chi connectivity index (χ0) is 19.2. The van der Waals surface area contributed by atoms with Crippen LogP contribution in [0.1, 0.15) is 48.9 Å². The number of carbonyl (C=O) groups is 1. The van der Waals surface area contributed by atoms with Crippen LogP contribution in [0.3, 0.4) is 0 Å². The molecule has 0 saturated carbocycles. The summed E-state index contributed by atoms with van der Waals surface area (Å²) in [6.07, 6.45) is 4.15. The van der Waals surface area contributed by atoms with E-state index in [2.05, 4.69) is 49.3 Å². The SMILES string of the molecule is CC(=O)Oc1c(C)c(C)c2c(c1C)CCC(C)(CCP(C)(C)(C)Br)O2. The Balaban J connectivity index is 2.37. The Bertz CT molecular complexity index is 709. The Morgan fingerprint density at radius 2 is 1.80 bits per heavy atom. The Hall–Kier alpha value is -0.600. The van der Waals surface area contributed by atoms with Crippen LogP contribution in [-0.2, 0) is 11.2 Å². The van der Waals surface area contributed by atoms with E-state index < -0.39 is 5.31 Å². The molecule has 1 heterocycles. The fourth-order valence-corrected chi connectivity index (χ4v) is 5.13. The van der Waals surface area contributed by atoms with Crippen LogP contribution in [0.15, 0.2) is 0 Å². The van der Waals surface area contributed by atoms with E-state index in [1.54, 1.807) is 0 Å². The van der Waals surface area contributed by atoms with Crippen LogP contribution >= 0.6 is 20.8 Å². The van der Waals surface area contributed by atoms with Gasteiger partial charge in [-0.15, -0.1) is 0 Å². The van der Waals surface area contributed by atoms with Crippen LogP contribution in [-0.4, -0.2) is 37.7 Å². The zero-order valence-corrected chi connectivity index (χ0v) is 19.4. The van der Waals surface area contributed by atoms with Crippen LogP contribution in [0, 0.1) is 20.8 Å². The number of rotatable bonds is 4. The molecule has 0 fully saturated rings. The van der Waals surface area contributed by atoms with Gasteiger partial charge >= 0.3 is 160 Å². The minimum absolute atomic E-state index is 0.140. The fraction of sp³-hybridized carbons (Fsp3) is 0.650. The van der Waals surface area contributed by atoms with Crippen LogP contribution in [0.4, 0.5) is 0 Å². The minimum atomic E-state index is -1.73. The molecular formula is C20H32BrO3P. The first-order chi connectivity index (χ1) is 11.2. The van der Waals surface area contributed by atoms with Crippen molar-refractivity contribution in [2.75, 3.05) is 26.2 Å². The van der Waals surface area contributed by atoms with Gasteiger partial charge in [-0.05, 0) is 0 Å². The van der Waals surface area contributed by atoms with Crippen molar-refractivity contribution >= 4 is 26.8 Å². The second-order valence-electron chi connectivity index (χ2n) is 9.05. The molecule has 142 valence electrons. The molecule has 0 N–H and O–H groups in total. The Labute approximate surface area is 160 Å². The van der Waals surface area contributed by atoms with Crippen molar-refractivity contribution in [3.8, 4) is 11.5 Å². The maximum absolute atomic E-state index is 11.5. The number of ether oxygens (including phenoxy) is 2. The van der Waals surface area contributed by atoms with E-state index in [1.807, 2.05) is 13.8 Å². The Morgan fingerprint density at radius 1 is 1.20 bits per heavy atom. The van der Waals surface area contributed by atoms with Crippen LogP contribution < -0.4 is 9.47 Å². The van der Waals surface area contributed by atoms with Gasteiger partial charge in [0.1, 0.15) is 0 Å². The van der Waals surface area contributed by atoms with Crippen molar-refractivity contribution in [1.29, 1.82) is 0 Å². The first kappa shape index (κ1) is 20.7. The van der Waals surface area contributed by atoms with Crippen molar-refractivity contribution in [3.63, 3.8) is 0 Å². The van der Waals surface area contributed by atoms with Crippen LogP contribution in [0.25, 0.3) is 0 Å². The predicted molar refractivity (Wildman–Crippen MR) is 112 cm³/mol. The van der Waals surface area contributed by atoms with Gasteiger partial charge in [-0.25, -0.2) is 0 Å². The van der Waals surface area contributed by atoms with Gasteiger partial charge < -0.3 is 0 Å². The van der Waals surface area contributed by atoms with Gasteiger partial charge in [0.2, 0.25) is 0 Å². The number of esters is 1. The molecule has 0 radical (unpaired) electrons. The van der Waals surface area contributed by atoms with Crippen LogP contribution in [0.5, 0.6) is 11.5 Å². The van der Waals surface area contributed by atoms with Crippen LogP contribution in [0.2, 0.25) is 0 Å². The van der Waals surface area contributed by atoms with Crippen molar-refractivity contribution in [1.82, 2.24) is 0 Å². The van der Waals surface area contributed by atoms with Crippen molar-refractivity contribution in [3.05, 3.63) is 22.3 Å². The monoisotopic (exact) mass is 430 g/mol. The third-order valence-electron chi connectivity index (χ3n) is 5.21. The number of benzene rings is 1. The van der Waals surface area contributed by atoms with E-state index in [0.717, 1.165) is 47.9 Å². The summed E-state index contributed by atoms with van der Waals surface area (Å²) in [5.41, 5.74) is 4.17. The molecule has 1 aliphatic rings.